The van der Waals surface area contributed by atoms with Crippen molar-refractivity contribution in [3.05, 3.63) is 46.9 Å². The average Bonchev–Trinajstić information content (AvgIpc) is 2.68. The summed E-state index contributed by atoms with van der Waals surface area (Å²) < 4.78 is 5.86. The Bertz CT molecular complexity index is 817. The molecule has 3 rings (SSSR count). The zero-order valence-electron chi connectivity index (χ0n) is 18.4. The molecule has 0 radical (unpaired) electrons. The van der Waals surface area contributed by atoms with Crippen molar-refractivity contribution in [2.45, 2.75) is 46.6 Å². The molecule has 29 heavy (non-hydrogen) atoms. The Kier molecular flexibility index (Phi) is 7.09. The first-order chi connectivity index (χ1) is 13.8. The fraction of sp³-hybridized carbons (Fsp3) is 0.565. The molecule has 1 fully saturated rings. The zero-order chi connectivity index (χ0) is 21.0. The van der Waals surface area contributed by atoms with E-state index in [0.717, 1.165) is 60.4 Å². The van der Waals surface area contributed by atoms with E-state index in [-0.39, 0.29) is 0 Å². The summed E-state index contributed by atoms with van der Waals surface area (Å²) in [6.45, 7) is 14.9. The van der Waals surface area contributed by atoms with Crippen LogP contribution in [0.3, 0.4) is 0 Å². The third kappa shape index (κ3) is 5.90. The second-order valence-corrected chi connectivity index (χ2v) is 8.40. The summed E-state index contributed by atoms with van der Waals surface area (Å²) in [7, 11) is 0. The first kappa shape index (κ1) is 21.5. The molecule has 1 aliphatic heterocycles. The molecule has 1 aromatic heterocycles. The number of β-amino-alcohol motifs (C(OH)–C–C–N with tert-alkyl or cyclic N) is 1. The predicted molar refractivity (Wildman–Crippen MR) is 117 cm³/mol. The Morgan fingerprint density at radius 2 is 1.76 bits per heavy atom. The number of anilines is 1. The number of benzene rings is 1. The lowest BCUT2D eigenvalue weighted by Gasteiger charge is -2.36. The molecule has 1 aliphatic rings. The third-order valence-corrected chi connectivity index (χ3v) is 5.31. The van der Waals surface area contributed by atoms with Crippen LogP contribution in [0.2, 0.25) is 0 Å². The highest BCUT2D eigenvalue weighted by molar-refractivity contribution is 5.40. The first-order valence-corrected chi connectivity index (χ1v) is 10.5. The van der Waals surface area contributed by atoms with Crippen LogP contribution in [0.5, 0.6) is 5.75 Å². The Labute approximate surface area is 174 Å². The summed E-state index contributed by atoms with van der Waals surface area (Å²) in [5.41, 5.74) is 3.27. The monoisotopic (exact) mass is 398 g/mol. The van der Waals surface area contributed by atoms with Gasteiger partial charge in [-0.3, -0.25) is 4.90 Å². The summed E-state index contributed by atoms with van der Waals surface area (Å²) >= 11 is 0. The topological polar surface area (TPSA) is 61.7 Å². The van der Waals surface area contributed by atoms with Crippen LogP contribution in [0.1, 0.15) is 42.4 Å². The van der Waals surface area contributed by atoms with Crippen LogP contribution in [0, 0.1) is 20.8 Å². The summed E-state index contributed by atoms with van der Waals surface area (Å²) in [5, 5.41) is 10.4. The molecule has 2 heterocycles. The lowest BCUT2D eigenvalue weighted by Crippen LogP contribution is -2.49. The van der Waals surface area contributed by atoms with E-state index in [9.17, 15) is 5.11 Å². The van der Waals surface area contributed by atoms with Gasteiger partial charge in [0.1, 0.15) is 30.1 Å². The summed E-state index contributed by atoms with van der Waals surface area (Å²) in [4.78, 5) is 13.9. The Morgan fingerprint density at radius 3 is 2.45 bits per heavy atom. The normalized spacial score (nSPS) is 16.3. The molecule has 1 unspecified atom stereocenters. The highest BCUT2D eigenvalue weighted by Gasteiger charge is 2.21. The van der Waals surface area contributed by atoms with Gasteiger partial charge < -0.3 is 14.7 Å². The Balaban J connectivity index is 1.49. The van der Waals surface area contributed by atoms with E-state index >= 15 is 0 Å². The minimum atomic E-state index is -0.504. The number of nitrogens with zero attached hydrogens (tertiary/aromatic N) is 4. The molecule has 6 heteroatoms. The second kappa shape index (κ2) is 9.55. The van der Waals surface area contributed by atoms with Gasteiger partial charge in [-0.15, -0.1) is 0 Å². The third-order valence-electron chi connectivity index (χ3n) is 5.31. The molecule has 0 spiro atoms. The van der Waals surface area contributed by atoms with Crippen molar-refractivity contribution in [3.8, 4) is 5.75 Å². The van der Waals surface area contributed by atoms with Crippen LogP contribution in [-0.4, -0.2) is 65.4 Å². The first-order valence-electron chi connectivity index (χ1n) is 10.5. The van der Waals surface area contributed by atoms with Crippen molar-refractivity contribution in [2.24, 2.45) is 0 Å². The van der Waals surface area contributed by atoms with Gasteiger partial charge in [-0.25, -0.2) is 9.97 Å². The fourth-order valence-electron chi connectivity index (χ4n) is 3.55. The summed E-state index contributed by atoms with van der Waals surface area (Å²) in [6, 6.07) is 8.21. The van der Waals surface area contributed by atoms with Crippen LogP contribution in [0.25, 0.3) is 0 Å². The van der Waals surface area contributed by atoms with Crippen molar-refractivity contribution in [2.75, 3.05) is 44.2 Å². The number of aromatic nitrogens is 2. The number of aliphatic hydroxyl groups is 1. The lowest BCUT2D eigenvalue weighted by atomic mass is 10.1. The Morgan fingerprint density at radius 1 is 1.03 bits per heavy atom. The molecule has 158 valence electrons. The minimum Gasteiger partial charge on any atom is -0.491 e. The maximum Gasteiger partial charge on any atom is 0.133 e. The van der Waals surface area contributed by atoms with E-state index in [1.165, 1.54) is 0 Å². The largest absolute Gasteiger partial charge is 0.491 e. The number of aliphatic hydroxyl groups excluding tert-OH is 1. The molecule has 0 bridgehead atoms. The number of hydrogen-bond donors (Lipinski definition) is 1. The number of ether oxygens (including phenoxy) is 1. The average molecular weight is 399 g/mol. The van der Waals surface area contributed by atoms with Crippen LogP contribution >= 0.6 is 0 Å². The van der Waals surface area contributed by atoms with Crippen LogP contribution < -0.4 is 9.64 Å². The molecule has 0 aliphatic carbocycles. The maximum atomic E-state index is 10.4. The lowest BCUT2D eigenvalue weighted by molar-refractivity contribution is 0.0660. The Hall–Kier alpha value is -2.18. The number of piperazine rings is 1. The SMILES string of the molecule is Cc1ccc(C)c(OCC(O)CN2CCN(c3cc(C)nc(C(C)C)n3)CC2)c1. The predicted octanol–water partition coefficient (Wildman–Crippen LogP) is 3.09. The molecular formula is C23H34N4O2. The molecule has 0 saturated carbocycles. The van der Waals surface area contributed by atoms with Crippen LogP contribution in [-0.2, 0) is 0 Å². The minimum absolute atomic E-state index is 0.313. The molecular weight excluding hydrogens is 364 g/mol. The van der Waals surface area contributed by atoms with E-state index < -0.39 is 6.10 Å². The van der Waals surface area contributed by atoms with E-state index in [4.69, 9.17) is 9.72 Å². The maximum absolute atomic E-state index is 10.4. The van der Waals surface area contributed by atoms with Gasteiger partial charge in [0.05, 0.1) is 0 Å². The van der Waals surface area contributed by atoms with Crippen molar-refractivity contribution in [3.63, 3.8) is 0 Å². The van der Waals surface area contributed by atoms with E-state index in [0.29, 0.717) is 19.1 Å². The van der Waals surface area contributed by atoms with Gasteiger partial charge in [-0.2, -0.15) is 0 Å². The zero-order valence-corrected chi connectivity index (χ0v) is 18.4. The fourth-order valence-corrected chi connectivity index (χ4v) is 3.55. The van der Waals surface area contributed by atoms with Gasteiger partial charge in [0.25, 0.3) is 0 Å². The van der Waals surface area contributed by atoms with Crippen molar-refractivity contribution in [1.82, 2.24) is 14.9 Å². The molecule has 1 N–H and O–H groups in total. The van der Waals surface area contributed by atoms with Crippen molar-refractivity contribution < 1.29 is 9.84 Å². The molecule has 1 atom stereocenters. The van der Waals surface area contributed by atoms with Crippen molar-refractivity contribution >= 4 is 5.82 Å². The summed E-state index contributed by atoms with van der Waals surface area (Å²) in [6.07, 6.45) is -0.504. The van der Waals surface area contributed by atoms with Gasteiger partial charge in [-0.05, 0) is 38.0 Å². The van der Waals surface area contributed by atoms with Gasteiger partial charge in [0.15, 0.2) is 0 Å². The van der Waals surface area contributed by atoms with Gasteiger partial charge >= 0.3 is 0 Å². The van der Waals surface area contributed by atoms with Gasteiger partial charge in [0.2, 0.25) is 0 Å². The second-order valence-electron chi connectivity index (χ2n) is 8.40. The molecule has 2 aromatic rings. The standard InChI is InChI=1S/C23H34N4O2/c1-16(2)23-24-19(5)13-22(25-23)27-10-8-26(9-11-27)14-20(28)15-29-21-12-17(3)6-7-18(21)4/h6-7,12-13,16,20,28H,8-11,14-15H2,1-5H3. The molecule has 1 aromatic carbocycles. The van der Waals surface area contributed by atoms with Crippen LogP contribution in [0.4, 0.5) is 5.82 Å². The smallest absolute Gasteiger partial charge is 0.133 e. The molecule has 0 amide bonds. The van der Waals surface area contributed by atoms with E-state index in [2.05, 4.69) is 46.8 Å². The van der Waals surface area contributed by atoms with Crippen molar-refractivity contribution in [1.29, 1.82) is 0 Å². The summed E-state index contributed by atoms with van der Waals surface area (Å²) in [5.74, 6) is 3.09. The van der Waals surface area contributed by atoms with Gasteiger partial charge in [0, 0.05) is 50.4 Å². The quantitative estimate of drug-likeness (QED) is 0.773. The van der Waals surface area contributed by atoms with Gasteiger partial charge in [-0.1, -0.05) is 26.0 Å². The molecule has 1 saturated heterocycles. The number of aryl methyl sites for hydroxylation is 3. The number of rotatable bonds is 7. The van der Waals surface area contributed by atoms with E-state index in [1.54, 1.807) is 0 Å². The highest BCUT2D eigenvalue weighted by atomic mass is 16.5. The highest BCUT2D eigenvalue weighted by Crippen LogP contribution is 2.20. The number of hydrogen-bond acceptors (Lipinski definition) is 6. The van der Waals surface area contributed by atoms with E-state index in [1.807, 2.05) is 26.8 Å². The molecule has 6 nitrogen and oxygen atoms in total. The van der Waals surface area contributed by atoms with Crippen LogP contribution in [0.15, 0.2) is 24.3 Å².